The molecule has 2 fully saturated rings. The minimum absolute atomic E-state index is 0.0428. The predicted octanol–water partition coefficient (Wildman–Crippen LogP) is 1.52. The van der Waals surface area contributed by atoms with Crippen LogP contribution in [-0.4, -0.2) is 63.9 Å². The van der Waals surface area contributed by atoms with Gasteiger partial charge in [0.2, 0.25) is 11.9 Å². The summed E-state index contributed by atoms with van der Waals surface area (Å²) in [5.41, 5.74) is 1.60. The van der Waals surface area contributed by atoms with Gasteiger partial charge in [-0.2, -0.15) is 0 Å². The highest BCUT2D eigenvalue weighted by atomic mass is 16.2. The highest BCUT2D eigenvalue weighted by molar-refractivity contribution is 5.79. The van der Waals surface area contributed by atoms with E-state index < -0.39 is 0 Å². The smallest absolute Gasteiger partial charge is 0.257 e. The van der Waals surface area contributed by atoms with E-state index in [4.69, 9.17) is 4.98 Å². The lowest BCUT2D eigenvalue weighted by Crippen LogP contribution is -2.51. The zero-order valence-corrected chi connectivity index (χ0v) is 16.5. The van der Waals surface area contributed by atoms with Gasteiger partial charge in [-0.15, -0.1) is 0 Å². The average molecular weight is 374 g/mol. The molecule has 2 atom stereocenters. The average Bonchev–Trinajstić information content (AvgIpc) is 3.16. The Bertz CT molecular complexity index is 745. The van der Waals surface area contributed by atoms with Crippen molar-refractivity contribution in [2.45, 2.75) is 71.0 Å². The van der Waals surface area contributed by atoms with Crippen molar-refractivity contribution in [2.75, 3.05) is 31.1 Å². The molecule has 0 aromatic carbocycles. The number of aromatic nitrogens is 2. The predicted molar refractivity (Wildman–Crippen MR) is 105 cm³/mol. The first-order valence-corrected chi connectivity index (χ1v) is 10.4. The van der Waals surface area contributed by atoms with E-state index in [1.807, 2.05) is 0 Å². The Kier molecular flexibility index (Phi) is 5.21. The number of anilines is 1. The normalized spacial score (nSPS) is 26.3. The summed E-state index contributed by atoms with van der Waals surface area (Å²) >= 11 is 0. The van der Waals surface area contributed by atoms with Crippen LogP contribution in [0.25, 0.3) is 0 Å². The number of nitrogens with one attached hydrogen (secondary N) is 1. The number of nitrogens with zero attached hydrogens (tertiary/aromatic N) is 4. The Morgan fingerprint density at radius 1 is 1.11 bits per heavy atom. The summed E-state index contributed by atoms with van der Waals surface area (Å²) in [5, 5.41) is 0. The molecular formula is C20H31N5O2. The van der Waals surface area contributed by atoms with E-state index >= 15 is 0 Å². The topological polar surface area (TPSA) is 72.5 Å². The second kappa shape index (κ2) is 7.62. The number of piperidine rings is 1. The molecule has 4 heterocycles. The minimum atomic E-state index is -0.0428. The summed E-state index contributed by atoms with van der Waals surface area (Å²) in [7, 11) is 0. The maximum atomic E-state index is 12.9. The van der Waals surface area contributed by atoms with Crippen molar-refractivity contribution in [3.63, 3.8) is 0 Å². The van der Waals surface area contributed by atoms with Crippen LogP contribution in [-0.2, 0) is 17.8 Å². The third kappa shape index (κ3) is 3.74. The molecule has 27 heavy (non-hydrogen) atoms. The molecule has 2 unspecified atom stereocenters. The zero-order chi connectivity index (χ0) is 19.0. The van der Waals surface area contributed by atoms with Crippen LogP contribution in [0.2, 0.25) is 0 Å². The molecule has 7 nitrogen and oxygen atoms in total. The number of amides is 1. The lowest BCUT2D eigenvalue weighted by atomic mass is 9.97. The van der Waals surface area contributed by atoms with Gasteiger partial charge in [0.25, 0.3) is 5.56 Å². The second-order valence-corrected chi connectivity index (χ2v) is 8.40. The lowest BCUT2D eigenvalue weighted by molar-refractivity contribution is -0.138. The SMILES string of the molecule is CC1CCCC(C)N1C(=O)CN1CCc2nc(N3CCCC3)[nH]c(=O)c2C1. The maximum absolute atomic E-state index is 12.9. The van der Waals surface area contributed by atoms with Crippen molar-refractivity contribution in [3.05, 3.63) is 21.6 Å². The quantitative estimate of drug-likeness (QED) is 0.870. The monoisotopic (exact) mass is 373 g/mol. The number of likely N-dealkylation sites (tertiary alicyclic amines) is 1. The van der Waals surface area contributed by atoms with E-state index in [-0.39, 0.29) is 11.5 Å². The lowest BCUT2D eigenvalue weighted by Gasteiger charge is -2.40. The van der Waals surface area contributed by atoms with Crippen LogP contribution in [0.1, 0.15) is 57.2 Å². The summed E-state index contributed by atoms with van der Waals surface area (Å²) in [4.78, 5) is 39.5. The van der Waals surface area contributed by atoms with Crippen LogP contribution >= 0.6 is 0 Å². The molecule has 0 aliphatic carbocycles. The number of hydrogen-bond acceptors (Lipinski definition) is 5. The van der Waals surface area contributed by atoms with E-state index in [2.05, 4.69) is 33.5 Å². The van der Waals surface area contributed by atoms with E-state index in [0.29, 0.717) is 25.2 Å². The molecule has 0 saturated carbocycles. The Hall–Kier alpha value is -1.89. The van der Waals surface area contributed by atoms with Gasteiger partial charge in [0.15, 0.2) is 0 Å². The Morgan fingerprint density at radius 3 is 2.52 bits per heavy atom. The molecule has 148 valence electrons. The summed E-state index contributed by atoms with van der Waals surface area (Å²) in [6.45, 7) is 7.91. The van der Waals surface area contributed by atoms with Crippen LogP contribution in [0.4, 0.5) is 5.95 Å². The summed E-state index contributed by atoms with van der Waals surface area (Å²) in [6, 6.07) is 0.623. The molecule has 0 bridgehead atoms. The largest absolute Gasteiger partial charge is 0.342 e. The first-order chi connectivity index (χ1) is 13.0. The third-order valence-corrected chi connectivity index (χ3v) is 6.38. The van der Waals surface area contributed by atoms with Crippen LogP contribution in [0.15, 0.2) is 4.79 Å². The molecular weight excluding hydrogens is 342 g/mol. The van der Waals surface area contributed by atoms with Crippen LogP contribution < -0.4 is 10.5 Å². The fourth-order valence-electron chi connectivity index (χ4n) is 4.87. The van der Waals surface area contributed by atoms with Gasteiger partial charge in [-0.3, -0.25) is 19.5 Å². The minimum Gasteiger partial charge on any atom is -0.342 e. The number of fused-ring (bicyclic) bond motifs is 1. The van der Waals surface area contributed by atoms with Gasteiger partial charge in [-0.1, -0.05) is 0 Å². The van der Waals surface area contributed by atoms with Crippen LogP contribution in [0.5, 0.6) is 0 Å². The van der Waals surface area contributed by atoms with Gasteiger partial charge >= 0.3 is 0 Å². The molecule has 1 amide bonds. The highest BCUT2D eigenvalue weighted by Gasteiger charge is 2.31. The molecule has 1 aromatic heterocycles. The summed E-state index contributed by atoms with van der Waals surface area (Å²) < 4.78 is 0. The van der Waals surface area contributed by atoms with Crippen LogP contribution in [0, 0.1) is 0 Å². The number of rotatable bonds is 3. The van der Waals surface area contributed by atoms with Gasteiger partial charge in [-0.05, 0) is 46.0 Å². The molecule has 2 saturated heterocycles. The number of aromatic amines is 1. The fourth-order valence-corrected chi connectivity index (χ4v) is 4.87. The highest BCUT2D eigenvalue weighted by Crippen LogP contribution is 2.24. The second-order valence-electron chi connectivity index (χ2n) is 8.40. The molecule has 3 aliphatic rings. The van der Waals surface area contributed by atoms with Gasteiger partial charge in [0.1, 0.15) is 0 Å². The van der Waals surface area contributed by atoms with Crippen LogP contribution in [0.3, 0.4) is 0 Å². The first-order valence-electron chi connectivity index (χ1n) is 10.4. The number of carbonyl (C=O) groups excluding carboxylic acids is 1. The van der Waals surface area contributed by atoms with Crippen molar-refractivity contribution in [1.82, 2.24) is 19.8 Å². The van der Waals surface area contributed by atoms with E-state index in [9.17, 15) is 9.59 Å². The van der Waals surface area contributed by atoms with Crippen molar-refractivity contribution in [1.29, 1.82) is 0 Å². The molecule has 0 radical (unpaired) electrons. The van der Waals surface area contributed by atoms with Crippen molar-refractivity contribution in [3.8, 4) is 0 Å². The van der Waals surface area contributed by atoms with Gasteiger partial charge < -0.3 is 9.80 Å². The molecule has 1 N–H and O–H groups in total. The molecule has 1 aromatic rings. The number of hydrogen-bond donors (Lipinski definition) is 1. The fraction of sp³-hybridized carbons (Fsp3) is 0.750. The molecule has 4 rings (SSSR count). The van der Waals surface area contributed by atoms with E-state index in [1.165, 1.54) is 6.42 Å². The van der Waals surface area contributed by atoms with Crippen molar-refractivity contribution >= 4 is 11.9 Å². The van der Waals surface area contributed by atoms with E-state index in [0.717, 1.165) is 68.9 Å². The Balaban J connectivity index is 1.45. The number of H-pyrrole nitrogens is 1. The standard InChI is InChI=1S/C20H31N5O2/c1-14-6-5-7-15(2)25(14)18(26)13-23-11-8-17-16(12-23)19(27)22-20(21-17)24-9-3-4-10-24/h14-15H,3-13H2,1-2H3,(H,21,22,27). The molecule has 0 spiro atoms. The Morgan fingerprint density at radius 2 is 1.81 bits per heavy atom. The van der Waals surface area contributed by atoms with Gasteiger partial charge in [0, 0.05) is 44.7 Å². The molecule has 3 aliphatic heterocycles. The van der Waals surface area contributed by atoms with Gasteiger partial charge in [0.05, 0.1) is 17.8 Å². The van der Waals surface area contributed by atoms with Gasteiger partial charge in [-0.25, -0.2) is 4.98 Å². The summed E-state index contributed by atoms with van der Waals surface area (Å²) in [6.07, 6.45) is 6.42. The maximum Gasteiger partial charge on any atom is 0.257 e. The van der Waals surface area contributed by atoms with E-state index in [1.54, 1.807) is 0 Å². The summed E-state index contributed by atoms with van der Waals surface area (Å²) in [5.74, 6) is 0.910. The Labute approximate surface area is 160 Å². The third-order valence-electron chi connectivity index (χ3n) is 6.38. The first kappa shape index (κ1) is 18.5. The molecule has 7 heteroatoms. The zero-order valence-electron chi connectivity index (χ0n) is 16.5. The van der Waals surface area contributed by atoms with Crippen molar-refractivity contribution in [2.24, 2.45) is 0 Å². The number of carbonyl (C=O) groups is 1. The van der Waals surface area contributed by atoms with Crippen molar-refractivity contribution < 1.29 is 4.79 Å².